The molecule has 0 atom stereocenters. The van der Waals surface area contributed by atoms with Crippen LogP contribution in [0.15, 0.2) is 24.3 Å². The predicted octanol–water partition coefficient (Wildman–Crippen LogP) is 3.89. The molecule has 2 rings (SSSR count). The predicted molar refractivity (Wildman–Crippen MR) is 80.0 cm³/mol. The van der Waals surface area contributed by atoms with Gasteiger partial charge in [0.2, 0.25) is 0 Å². The molecule has 0 aliphatic carbocycles. The third kappa shape index (κ3) is 3.15. The second-order valence-corrected chi connectivity index (χ2v) is 5.15. The SMILES string of the molecule is Cc1cccc(Cl)c1Nc1cc(N)nc(C(C)C)n1. The maximum atomic E-state index is 6.18. The summed E-state index contributed by atoms with van der Waals surface area (Å²) >= 11 is 6.18. The Bertz CT molecular complexity index is 576. The molecule has 0 aliphatic rings. The third-order valence-corrected chi connectivity index (χ3v) is 3.07. The van der Waals surface area contributed by atoms with Gasteiger partial charge in [-0.25, -0.2) is 9.97 Å². The van der Waals surface area contributed by atoms with Crippen LogP contribution in [0, 0.1) is 6.92 Å². The monoisotopic (exact) mass is 276 g/mol. The van der Waals surface area contributed by atoms with Crippen molar-refractivity contribution < 1.29 is 0 Å². The van der Waals surface area contributed by atoms with Crippen molar-refractivity contribution in [3.05, 3.63) is 40.7 Å². The third-order valence-electron chi connectivity index (χ3n) is 2.75. The molecule has 0 spiro atoms. The van der Waals surface area contributed by atoms with Crippen molar-refractivity contribution in [3.63, 3.8) is 0 Å². The van der Waals surface area contributed by atoms with Gasteiger partial charge >= 0.3 is 0 Å². The van der Waals surface area contributed by atoms with Gasteiger partial charge in [0, 0.05) is 12.0 Å². The van der Waals surface area contributed by atoms with Crippen LogP contribution in [-0.4, -0.2) is 9.97 Å². The van der Waals surface area contributed by atoms with Gasteiger partial charge in [0.15, 0.2) is 0 Å². The fraction of sp³-hybridized carbons (Fsp3) is 0.286. The Morgan fingerprint density at radius 3 is 2.63 bits per heavy atom. The van der Waals surface area contributed by atoms with Gasteiger partial charge in [-0.05, 0) is 18.6 Å². The second kappa shape index (κ2) is 5.45. The lowest BCUT2D eigenvalue weighted by atomic mass is 10.2. The van der Waals surface area contributed by atoms with Gasteiger partial charge in [0.05, 0.1) is 10.7 Å². The zero-order valence-corrected chi connectivity index (χ0v) is 12.0. The van der Waals surface area contributed by atoms with Crippen LogP contribution in [0.5, 0.6) is 0 Å². The Kier molecular flexibility index (Phi) is 3.90. The minimum Gasteiger partial charge on any atom is -0.384 e. The van der Waals surface area contributed by atoms with E-state index >= 15 is 0 Å². The Balaban J connectivity index is 2.38. The molecule has 0 bridgehead atoms. The molecule has 0 fully saturated rings. The highest BCUT2D eigenvalue weighted by atomic mass is 35.5. The number of nitrogens with two attached hydrogens (primary N) is 1. The summed E-state index contributed by atoms with van der Waals surface area (Å²) in [6, 6.07) is 7.44. The largest absolute Gasteiger partial charge is 0.384 e. The number of halogens is 1. The van der Waals surface area contributed by atoms with E-state index in [-0.39, 0.29) is 5.92 Å². The Hall–Kier alpha value is -1.81. The molecule has 0 aliphatic heterocycles. The van der Waals surface area contributed by atoms with Crippen LogP contribution in [0.1, 0.15) is 31.2 Å². The zero-order valence-electron chi connectivity index (χ0n) is 11.2. The van der Waals surface area contributed by atoms with Crippen molar-refractivity contribution in [1.82, 2.24) is 9.97 Å². The number of para-hydroxylation sites is 1. The summed E-state index contributed by atoms with van der Waals surface area (Å²) in [6.07, 6.45) is 0. The molecule has 0 radical (unpaired) electrons. The Morgan fingerprint density at radius 2 is 2.00 bits per heavy atom. The van der Waals surface area contributed by atoms with E-state index in [4.69, 9.17) is 17.3 Å². The van der Waals surface area contributed by atoms with E-state index < -0.39 is 0 Å². The molecule has 5 heteroatoms. The van der Waals surface area contributed by atoms with Crippen LogP contribution >= 0.6 is 11.6 Å². The smallest absolute Gasteiger partial charge is 0.136 e. The van der Waals surface area contributed by atoms with Gasteiger partial charge in [0.1, 0.15) is 17.5 Å². The van der Waals surface area contributed by atoms with Crippen LogP contribution in [-0.2, 0) is 0 Å². The summed E-state index contributed by atoms with van der Waals surface area (Å²) in [4.78, 5) is 8.66. The van der Waals surface area contributed by atoms with Crippen LogP contribution in [0.2, 0.25) is 5.02 Å². The minimum absolute atomic E-state index is 0.219. The lowest BCUT2D eigenvalue weighted by Gasteiger charge is -2.13. The molecule has 0 saturated heterocycles. The van der Waals surface area contributed by atoms with Crippen LogP contribution in [0.4, 0.5) is 17.3 Å². The Labute approximate surface area is 118 Å². The molecule has 0 saturated carbocycles. The molecule has 100 valence electrons. The highest BCUT2D eigenvalue weighted by molar-refractivity contribution is 6.33. The number of nitrogens with zero attached hydrogens (tertiary/aromatic N) is 2. The standard InChI is InChI=1S/C14H17ClN4/c1-8(2)14-17-11(16)7-12(19-14)18-13-9(3)5-4-6-10(13)15/h4-8H,1-3H3,(H3,16,17,18,19). The molecule has 3 N–H and O–H groups in total. The van der Waals surface area contributed by atoms with Crippen molar-refractivity contribution in [1.29, 1.82) is 0 Å². The normalized spacial score (nSPS) is 10.8. The summed E-state index contributed by atoms with van der Waals surface area (Å²) < 4.78 is 0. The Morgan fingerprint density at radius 1 is 1.26 bits per heavy atom. The van der Waals surface area contributed by atoms with Crippen molar-refractivity contribution in [2.24, 2.45) is 0 Å². The average Bonchev–Trinajstić information content (AvgIpc) is 2.33. The quantitative estimate of drug-likeness (QED) is 0.893. The van der Waals surface area contributed by atoms with Gasteiger partial charge in [0.25, 0.3) is 0 Å². The summed E-state index contributed by atoms with van der Waals surface area (Å²) in [5.41, 5.74) is 7.70. The molecular formula is C14H17ClN4. The maximum absolute atomic E-state index is 6.18. The van der Waals surface area contributed by atoms with Crippen LogP contribution in [0.3, 0.4) is 0 Å². The molecule has 1 aromatic heterocycles. The number of anilines is 3. The number of benzene rings is 1. The highest BCUT2D eigenvalue weighted by Gasteiger charge is 2.09. The average molecular weight is 277 g/mol. The molecule has 0 amide bonds. The fourth-order valence-corrected chi connectivity index (χ4v) is 1.99. The second-order valence-electron chi connectivity index (χ2n) is 4.75. The van der Waals surface area contributed by atoms with Crippen LogP contribution in [0.25, 0.3) is 0 Å². The molecule has 0 unspecified atom stereocenters. The van der Waals surface area contributed by atoms with E-state index in [9.17, 15) is 0 Å². The number of hydrogen-bond acceptors (Lipinski definition) is 4. The molecule has 4 nitrogen and oxygen atoms in total. The zero-order chi connectivity index (χ0) is 14.0. The number of nitrogen functional groups attached to an aromatic ring is 1. The van der Waals surface area contributed by atoms with Gasteiger partial charge in [-0.3, -0.25) is 0 Å². The van der Waals surface area contributed by atoms with E-state index in [1.807, 2.05) is 39.0 Å². The first kappa shape index (κ1) is 13.6. The van der Waals surface area contributed by atoms with Crippen molar-refractivity contribution in [3.8, 4) is 0 Å². The highest BCUT2D eigenvalue weighted by Crippen LogP contribution is 2.28. The van der Waals surface area contributed by atoms with Crippen molar-refractivity contribution >= 4 is 28.9 Å². The fourth-order valence-electron chi connectivity index (χ4n) is 1.73. The van der Waals surface area contributed by atoms with Crippen molar-refractivity contribution in [2.75, 3.05) is 11.1 Å². The van der Waals surface area contributed by atoms with Crippen molar-refractivity contribution in [2.45, 2.75) is 26.7 Å². The number of rotatable bonds is 3. The van der Waals surface area contributed by atoms with E-state index in [0.717, 1.165) is 11.3 Å². The van der Waals surface area contributed by atoms with Crippen LogP contribution < -0.4 is 11.1 Å². The lowest BCUT2D eigenvalue weighted by Crippen LogP contribution is -2.05. The number of hydrogen-bond donors (Lipinski definition) is 2. The first-order valence-electron chi connectivity index (χ1n) is 6.14. The summed E-state index contributed by atoms with van der Waals surface area (Å²) in [5, 5.41) is 3.87. The summed E-state index contributed by atoms with van der Waals surface area (Å²) in [6.45, 7) is 6.04. The number of nitrogens with one attached hydrogen (secondary N) is 1. The van der Waals surface area contributed by atoms with E-state index in [1.165, 1.54) is 0 Å². The summed E-state index contributed by atoms with van der Waals surface area (Å²) in [5.74, 6) is 2.04. The van der Waals surface area contributed by atoms with E-state index in [1.54, 1.807) is 6.07 Å². The molecule has 1 heterocycles. The summed E-state index contributed by atoms with van der Waals surface area (Å²) in [7, 11) is 0. The first-order valence-corrected chi connectivity index (χ1v) is 6.51. The van der Waals surface area contributed by atoms with Gasteiger partial charge < -0.3 is 11.1 Å². The van der Waals surface area contributed by atoms with Gasteiger partial charge in [-0.2, -0.15) is 0 Å². The maximum Gasteiger partial charge on any atom is 0.136 e. The minimum atomic E-state index is 0.219. The van der Waals surface area contributed by atoms with Gasteiger partial charge in [-0.15, -0.1) is 0 Å². The molecule has 2 aromatic rings. The lowest BCUT2D eigenvalue weighted by molar-refractivity contribution is 0.779. The number of aromatic nitrogens is 2. The topological polar surface area (TPSA) is 63.8 Å². The van der Waals surface area contributed by atoms with E-state index in [0.29, 0.717) is 22.5 Å². The molecule has 19 heavy (non-hydrogen) atoms. The first-order chi connectivity index (χ1) is 8.97. The van der Waals surface area contributed by atoms with Gasteiger partial charge in [-0.1, -0.05) is 37.6 Å². The number of aryl methyl sites for hydroxylation is 1. The molecular weight excluding hydrogens is 260 g/mol. The molecule has 1 aromatic carbocycles. The van der Waals surface area contributed by atoms with E-state index in [2.05, 4.69) is 15.3 Å².